The Balaban J connectivity index is 0. The maximum absolute atomic E-state index is 12.3. The molecule has 0 aliphatic heterocycles. The summed E-state index contributed by atoms with van der Waals surface area (Å²) in [6, 6.07) is 4.52. The van der Waals surface area contributed by atoms with Crippen molar-refractivity contribution in [3.8, 4) is 0 Å². The normalized spacial score (nSPS) is 9.85. The number of alkyl halides is 3. The maximum Gasteiger partial charge on any atom is 2.00 e. The standard InChI is InChI=1S/C7H3F4.BrH.Mg/c8-6-4-2-1-3-5(6)7(9,10)11;;/h1,3-4H;1H;/q-1;;+2/p-1. The van der Waals surface area contributed by atoms with E-state index in [1.807, 2.05) is 0 Å². The SMILES string of the molecule is Fc1c[c-]ccc1C(F)(F)F.[Br-].[Mg+2]. The largest absolute Gasteiger partial charge is 2.00 e. The van der Waals surface area contributed by atoms with E-state index in [1.54, 1.807) is 0 Å². The molecule has 0 heterocycles. The summed E-state index contributed by atoms with van der Waals surface area (Å²) in [5.41, 5.74) is -1.25. The molecule has 0 aliphatic carbocycles. The van der Waals surface area contributed by atoms with E-state index >= 15 is 0 Å². The second-order valence-electron chi connectivity index (χ2n) is 1.90. The zero-order valence-corrected chi connectivity index (χ0v) is 9.33. The van der Waals surface area contributed by atoms with Crippen LogP contribution in [0.15, 0.2) is 18.2 Å². The van der Waals surface area contributed by atoms with E-state index in [-0.39, 0.29) is 40.0 Å². The molecule has 0 fully saturated rings. The van der Waals surface area contributed by atoms with Crippen LogP contribution in [0.2, 0.25) is 0 Å². The van der Waals surface area contributed by atoms with Crippen molar-refractivity contribution in [1.29, 1.82) is 0 Å². The number of rotatable bonds is 0. The zero-order chi connectivity index (χ0) is 8.48. The Labute approximate surface area is 99.2 Å². The van der Waals surface area contributed by atoms with Gasteiger partial charge in [-0.1, -0.05) is 0 Å². The van der Waals surface area contributed by atoms with Gasteiger partial charge >= 0.3 is 29.2 Å². The van der Waals surface area contributed by atoms with E-state index in [1.165, 1.54) is 0 Å². The molecule has 68 valence electrons. The van der Waals surface area contributed by atoms with Crippen LogP contribution in [0.25, 0.3) is 0 Å². The van der Waals surface area contributed by atoms with Gasteiger partial charge in [-0.15, -0.1) is 6.07 Å². The quantitative estimate of drug-likeness (QED) is 0.330. The average Bonchev–Trinajstić information content (AvgIpc) is 1.86. The molecule has 0 aliphatic rings. The molecule has 1 aromatic carbocycles. The number of benzene rings is 1. The Morgan fingerprint density at radius 1 is 1.23 bits per heavy atom. The van der Waals surface area contributed by atoms with Crippen LogP contribution in [0.5, 0.6) is 0 Å². The summed E-state index contributed by atoms with van der Waals surface area (Å²) in [6.07, 6.45) is -4.61. The van der Waals surface area contributed by atoms with Crippen molar-refractivity contribution in [2.45, 2.75) is 6.18 Å². The van der Waals surface area contributed by atoms with Crippen LogP contribution in [0.3, 0.4) is 0 Å². The monoisotopic (exact) mass is 266 g/mol. The van der Waals surface area contributed by atoms with E-state index in [0.29, 0.717) is 12.1 Å². The third kappa shape index (κ3) is 4.28. The molecule has 0 saturated heterocycles. The van der Waals surface area contributed by atoms with Crippen LogP contribution < -0.4 is 17.0 Å². The van der Waals surface area contributed by atoms with Gasteiger partial charge in [0.05, 0.1) is 0 Å². The van der Waals surface area contributed by atoms with Crippen LogP contribution in [-0.2, 0) is 6.18 Å². The molecule has 0 amide bonds. The van der Waals surface area contributed by atoms with Gasteiger partial charge < -0.3 is 17.0 Å². The summed E-state index contributed by atoms with van der Waals surface area (Å²) in [6.45, 7) is 0. The number of halogens is 5. The van der Waals surface area contributed by atoms with Gasteiger partial charge in [0, 0.05) is 5.82 Å². The molecule has 13 heavy (non-hydrogen) atoms. The maximum atomic E-state index is 12.3. The molecule has 0 unspecified atom stereocenters. The van der Waals surface area contributed by atoms with Gasteiger partial charge in [-0.25, -0.2) is 0 Å². The number of hydrogen-bond donors (Lipinski definition) is 0. The molecular weight excluding hydrogens is 264 g/mol. The van der Waals surface area contributed by atoms with Crippen molar-refractivity contribution in [2.24, 2.45) is 0 Å². The molecule has 0 N–H and O–H groups in total. The molecule has 6 heteroatoms. The van der Waals surface area contributed by atoms with E-state index in [9.17, 15) is 17.6 Å². The van der Waals surface area contributed by atoms with Crippen molar-refractivity contribution in [2.75, 3.05) is 0 Å². The summed E-state index contributed by atoms with van der Waals surface area (Å²) < 4.78 is 47.7. The van der Waals surface area contributed by atoms with E-state index < -0.39 is 17.6 Å². The Morgan fingerprint density at radius 2 is 1.77 bits per heavy atom. The predicted octanol–water partition coefficient (Wildman–Crippen LogP) is -0.732. The molecule has 0 saturated carbocycles. The first-order valence-corrected chi connectivity index (χ1v) is 2.74. The van der Waals surface area contributed by atoms with Gasteiger partial charge in [-0.05, 0) is 5.56 Å². The summed E-state index contributed by atoms with van der Waals surface area (Å²) in [5.74, 6) is -1.29. The second-order valence-corrected chi connectivity index (χ2v) is 1.90. The van der Waals surface area contributed by atoms with E-state index in [4.69, 9.17) is 0 Å². The van der Waals surface area contributed by atoms with Crippen molar-refractivity contribution >= 4 is 23.1 Å². The molecule has 1 aromatic rings. The molecule has 0 atom stereocenters. The molecule has 0 radical (unpaired) electrons. The Kier molecular flexibility index (Phi) is 7.01. The third-order valence-electron chi connectivity index (χ3n) is 1.12. The van der Waals surface area contributed by atoms with Crippen molar-refractivity contribution in [3.63, 3.8) is 0 Å². The van der Waals surface area contributed by atoms with Gasteiger partial charge in [0.2, 0.25) is 0 Å². The van der Waals surface area contributed by atoms with Gasteiger partial charge in [0.25, 0.3) is 0 Å². The zero-order valence-electron chi connectivity index (χ0n) is 6.33. The summed E-state index contributed by atoms with van der Waals surface area (Å²) in [7, 11) is 0. The van der Waals surface area contributed by atoms with Crippen LogP contribution in [0.1, 0.15) is 5.56 Å². The smallest absolute Gasteiger partial charge is 1.00 e. The van der Waals surface area contributed by atoms with Crippen LogP contribution in [0, 0.1) is 11.9 Å². The van der Waals surface area contributed by atoms with Crippen molar-refractivity contribution in [1.82, 2.24) is 0 Å². The molecule has 0 spiro atoms. The van der Waals surface area contributed by atoms with E-state index in [0.717, 1.165) is 6.07 Å². The predicted molar refractivity (Wildman–Crippen MR) is 36.0 cm³/mol. The Morgan fingerprint density at radius 3 is 2.08 bits per heavy atom. The van der Waals surface area contributed by atoms with Crippen molar-refractivity contribution in [3.05, 3.63) is 35.6 Å². The molecule has 0 nitrogen and oxygen atoms in total. The van der Waals surface area contributed by atoms with Gasteiger partial charge in [0.15, 0.2) is 0 Å². The molecule has 1 rings (SSSR count). The fourth-order valence-electron chi connectivity index (χ4n) is 0.640. The van der Waals surface area contributed by atoms with Crippen LogP contribution in [0.4, 0.5) is 17.6 Å². The first-order chi connectivity index (χ1) is 5.02. The van der Waals surface area contributed by atoms with Gasteiger partial charge in [0.1, 0.15) is 0 Å². The molecule has 0 aromatic heterocycles. The topological polar surface area (TPSA) is 0 Å². The minimum Gasteiger partial charge on any atom is -1.00 e. The van der Waals surface area contributed by atoms with E-state index in [2.05, 4.69) is 6.07 Å². The van der Waals surface area contributed by atoms with Gasteiger partial charge in [-0.3, -0.25) is 4.39 Å². The fourth-order valence-corrected chi connectivity index (χ4v) is 0.640. The summed E-state index contributed by atoms with van der Waals surface area (Å²) in [5, 5.41) is 0. The first-order valence-electron chi connectivity index (χ1n) is 2.74. The first kappa shape index (κ1) is 15.6. The molecular formula is C7H3BrF4Mg. The number of hydrogen-bond acceptors (Lipinski definition) is 0. The third-order valence-corrected chi connectivity index (χ3v) is 1.12. The Bertz CT molecular complexity index is 261. The van der Waals surface area contributed by atoms with Crippen LogP contribution >= 0.6 is 0 Å². The summed E-state index contributed by atoms with van der Waals surface area (Å²) >= 11 is 0. The second kappa shape index (κ2) is 5.82. The minimum absolute atomic E-state index is 0. The fraction of sp³-hybridized carbons (Fsp3) is 0.143. The molecule has 0 bridgehead atoms. The Hall–Kier alpha value is 0.186. The van der Waals surface area contributed by atoms with Crippen LogP contribution in [-0.4, -0.2) is 23.1 Å². The summed E-state index contributed by atoms with van der Waals surface area (Å²) in [4.78, 5) is 0. The average molecular weight is 267 g/mol. The van der Waals surface area contributed by atoms with Crippen molar-refractivity contribution < 1.29 is 34.5 Å². The van der Waals surface area contributed by atoms with Gasteiger partial charge in [-0.2, -0.15) is 31.4 Å². The minimum atomic E-state index is -4.61.